The highest BCUT2D eigenvalue weighted by Gasteiger charge is 2.39. The number of aliphatic carboxylic acids is 3. The van der Waals surface area contributed by atoms with Gasteiger partial charge in [-0.2, -0.15) is 44.5 Å². The number of alkyl halides is 9. The number of piperidine rings is 1. The van der Waals surface area contributed by atoms with Crippen LogP contribution in [-0.2, 0) is 14.4 Å². The zero-order chi connectivity index (χ0) is 40.5. The number of aromatic nitrogens is 2. The number of hydrogen-bond donors (Lipinski definition) is 10. The Kier molecular flexibility index (Phi) is 24.2. The van der Waals surface area contributed by atoms with Gasteiger partial charge < -0.3 is 47.1 Å². The van der Waals surface area contributed by atoms with Gasteiger partial charge in [-0.15, -0.1) is 4.73 Å². The largest absolute Gasteiger partial charge is 0.490 e. The van der Waals surface area contributed by atoms with Gasteiger partial charge in [0.05, 0.1) is 0 Å². The predicted octanol–water partition coefficient (Wildman–Crippen LogP) is 2.31. The number of halogens is 9. The highest BCUT2D eigenvalue weighted by molar-refractivity contribution is 5.88. The molecule has 0 aliphatic carbocycles. The van der Waals surface area contributed by atoms with Crippen molar-refractivity contribution in [2.45, 2.75) is 63.5 Å². The fourth-order valence-electron chi connectivity index (χ4n) is 3.41. The summed E-state index contributed by atoms with van der Waals surface area (Å²) in [6.07, 6.45) is -7.86. The van der Waals surface area contributed by atoms with Gasteiger partial charge in [-0.05, 0) is 77.7 Å². The molecule has 1 aromatic heterocycles. The van der Waals surface area contributed by atoms with E-state index in [0.717, 1.165) is 84.3 Å². The summed E-state index contributed by atoms with van der Waals surface area (Å²) in [6, 6.07) is 1.19. The Balaban J connectivity index is 0. The molecule has 0 saturated carbocycles. The van der Waals surface area contributed by atoms with Gasteiger partial charge in [0.15, 0.2) is 5.82 Å². The van der Waals surface area contributed by atoms with E-state index in [1.165, 1.54) is 6.42 Å². The number of carbonyl (C=O) groups excluding carboxylic acids is 1. The van der Waals surface area contributed by atoms with Crippen LogP contribution in [0.1, 0.15) is 44.9 Å². The van der Waals surface area contributed by atoms with E-state index in [4.69, 9.17) is 40.8 Å². The summed E-state index contributed by atoms with van der Waals surface area (Å²) in [5, 5.41) is 51.4. The van der Waals surface area contributed by atoms with Crippen LogP contribution in [0.4, 0.5) is 55.9 Å². The van der Waals surface area contributed by atoms with Crippen molar-refractivity contribution in [1.82, 2.24) is 25.7 Å². The second-order valence-corrected chi connectivity index (χ2v) is 10.2. The number of urea groups is 1. The van der Waals surface area contributed by atoms with Crippen LogP contribution < -0.4 is 37.5 Å². The van der Waals surface area contributed by atoms with Gasteiger partial charge >= 0.3 is 42.5 Å². The van der Waals surface area contributed by atoms with Gasteiger partial charge in [-0.3, -0.25) is 10.7 Å². The molecule has 302 valence electrons. The molecule has 1 aliphatic rings. The van der Waals surface area contributed by atoms with Crippen LogP contribution in [-0.4, -0.2) is 125 Å². The van der Waals surface area contributed by atoms with Crippen molar-refractivity contribution in [2.24, 2.45) is 5.73 Å². The summed E-state index contributed by atoms with van der Waals surface area (Å²) in [6.45, 7) is 6.76. The molecule has 0 spiro atoms. The topological polar surface area (TPSA) is 268 Å². The Morgan fingerprint density at radius 1 is 0.731 bits per heavy atom. The first-order valence-electron chi connectivity index (χ1n) is 15.1. The third-order valence-corrected chi connectivity index (χ3v) is 5.89. The van der Waals surface area contributed by atoms with E-state index in [0.29, 0.717) is 17.1 Å². The lowest BCUT2D eigenvalue weighted by Gasteiger charge is -2.28. The fourth-order valence-corrected chi connectivity index (χ4v) is 3.41. The summed E-state index contributed by atoms with van der Waals surface area (Å²) < 4.78 is 95.8. The maximum atomic E-state index is 12.2. The average Bonchev–Trinajstić information content (AvgIpc) is 3.03. The van der Waals surface area contributed by atoms with Gasteiger partial charge in [0.1, 0.15) is 5.82 Å². The minimum Gasteiger partial charge on any atom is -0.475 e. The van der Waals surface area contributed by atoms with Crippen molar-refractivity contribution in [3.05, 3.63) is 11.7 Å². The number of carbonyl (C=O) groups is 4. The van der Waals surface area contributed by atoms with E-state index >= 15 is 0 Å². The first-order chi connectivity index (χ1) is 23.9. The fraction of sp³-hybridized carbons (Fsp3) is 0.692. The van der Waals surface area contributed by atoms with Crippen molar-refractivity contribution < 1.29 is 79.2 Å². The molecule has 0 bridgehead atoms. The van der Waals surface area contributed by atoms with Crippen molar-refractivity contribution in [3.8, 4) is 0 Å². The number of nitrogens with one attached hydrogen (secondary N) is 5. The number of rotatable bonds is 14. The molecule has 11 N–H and O–H groups in total. The maximum Gasteiger partial charge on any atom is 0.490 e. The molecule has 1 aromatic rings. The van der Waals surface area contributed by atoms with E-state index in [-0.39, 0.29) is 11.4 Å². The second-order valence-electron chi connectivity index (χ2n) is 10.2. The molecule has 2 rings (SSSR count). The molecular formula is C26H42F9N9O8. The lowest BCUT2D eigenvalue weighted by Crippen LogP contribution is -2.36. The number of carboxylic acids is 3. The van der Waals surface area contributed by atoms with Gasteiger partial charge in [0, 0.05) is 25.7 Å². The van der Waals surface area contributed by atoms with Gasteiger partial charge in [-0.25, -0.2) is 19.2 Å². The van der Waals surface area contributed by atoms with E-state index < -0.39 is 42.5 Å². The van der Waals surface area contributed by atoms with Crippen LogP contribution in [0.25, 0.3) is 0 Å². The van der Waals surface area contributed by atoms with Gasteiger partial charge in [0.25, 0.3) is 5.62 Å². The summed E-state index contributed by atoms with van der Waals surface area (Å²) in [7, 11) is 0. The van der Waals surface area contributed by atoms with Crippen LogP contribution in [0.5, 0.6) is 0 Å². The molecular weight excluding hydrogens is 737 g/mol. The molecule has 1 aliphatic heterocycles. The van der Waals surface area contributed by atoms with Gasteiger partial charge in [0.2, 0.25) is 0 Å². The molecule has 1 fully saturated rings. The number of carboxylic acid groups (broad SMARTS) is 3. The molecule has 1 saturated heterocycles. The lowest BCUT2D eigenvalue weighted by atomic mass is 10.1. The Morgan fingerprint density at radius 2 is 1.13 bits per heavy atom. The summed E-state index contributed by atoms with van der Waals surface area (Å²) in [5.74, 6) is -7.53. The van der Waals surface area contributed by atoms with E-state index in [2.05, 4.69) is 31.2 Å². The summed E-state index contributed by atoms with van der Waals surface area (Å²) in [4.78, 5) is 45.0. The zero-order valence-electron chi connectivity index (χ0n) is 27.4. The maximum absolute atomic E-state index is 12.2. The predicted molar refractivity (Wildman–Crippen MR) is 163 cm³/mol. The third kappa shape index (κ3) is 25.4. The standard InChI is InChI=1S/C20H39N9O2.3C2HF3O2/c21-8-6-11-23-9-2-3-10-24-12-7-13-25-20(30)27-18-16-17(26-19(22)29(18)31)28-14-4-1-5-15-28;3*3-2(4,5)1(6)7/h16,22-24,31H,1-15,21H2,(H2,25,27,30);3*(H,6,7). The molecule has 0 radical (unpaired) electrons. The molecule has 0 atom stereocenters. The van der Waals surface area contributed by atoms with Crippen LogP contribution in [0, 0.1) is 5.41 Å². The van der Waals surface area contributed by atoms with Crippen molar-refractivity contribution in [3.63, 3.8) is 0 Å². The average molecular weight is 780 g/mol. The quantitative estimate of drug-likeness (QED) is 0.0739. The van der Waals surface area contributed by atoms with Crippen LogP contribution in [0.15, 0.2) is 6.07 Å². The second kappa shape index (κ2) is 25.4. The number of nitrogens with two attached hydrogens (primary N) is 1. The van der Waals surface area contributed by atoms with Crippen molar-refractivity contribution in [2.75, 3.05) is 62.6 Å². The highest BCUT2D eigenvalue weighted by atomic mass is 19.4. The van der Waals surface area contributed by atoms with Crippen LogP contribution >= 0.6 is 0 Å². The Hall–Kier alpha value is -4.59. The Labute approximate surface area is 289 Å². The minimum atomic E-state index is -5.08. The molecule has 0 unspecified atom stereocenters. The zero-order valence-corrected chi connectivity index (χ0v) is 27.4. The highest BCUT2D eigenvalue weighted by Crippen LogP contribution is 2.19. The summed E-state index contributed by atoms with van der Waals surface area (Å²) in [5.41, 5.74) is 5.14. The third-order valence-electron chi connectivity index (χ3n) is 5.89. The van der Waals surface area contributed by atoms with Crippen LogP contribution in [0.2, 0.25) is 0 Å². The van der Waals surface area contributed by atoms with Gasteiger partial charge in [-0.1, -0.05) is 0 Å². The first-order valence-corrected chi connectivity index (χ1v) is 15.1. The molecule has 26 heteroatoms. The normalized spacial score (nSPS) is 12.8. The van der Waals surface area contributed by atoms with Crippen molar-refractivity contribution in [1.29, 1.82) is 5.41 Å². The Bertz CT molecular complexity index is 1220. The van der Waals surface area contributed by atoms with E-state index in [9.17, 15) is 49.5 Å². The molecule has 0 aromatic carbocycles. The number of hydrogen-bond acceptors (Lipinski definition) is 11. The SMILES string of the molecule is N=c1nc(N2CCCCC2)cc(NC(=O)NCCCNCCCCNCCCN)n1O.O=C(O)C(F)(F)F.O=C(O)C(F)(F)F.O=C(O)C(F)(F)F. The molecule has 17 nitrogen and oxygen atoms in total. The minimum absolute atomic E-state index is 0.135. The van der Waals surface area contributed by atoms with E-state index in [1.807, 2.05) is 0 Å². The number of anilines is 2. The van der Waals surface area contributed by atoms with E-state index in [1.54, 1.807) is 6.07 Å². The molecule has 2 amide bonds. The first kappa shape index (κ1) is 49.5. The monoisotopic (exact) mass is 779 g/mol. The summed E-state index contributed by atoms with van der Waals surface area (Å²) >= 11 is 0. The smallest absolute Gasteiger partial charge is 0.475 e. The molecule has 52 heavy (non-hydrogen) atoms. The Morgan fingerprint density at radius 3 is 1.54 bits per heavy atom. The number of amides is 2. The molecule has 2 heterocycles. The number of unbranched alkanes of at least 4 members (excludes halogenated alkanes) is 1. The van der Waals surface area contributed by atoms with Crippen molar-refractivity contribution >= 4 is 35.6 Å². The number of nitrogens with zero attached hydrogens (tertiary/aromatic N) is 3. The lowest BCUT2D eigenvalue weighted by molar-refractivity contribution is -0.193. The van der Waals surface area contributed by atoms with Crippen LogP contribution in [0.3, 0.4) is 0 Å².